The van der Waals surface area contributed by atoms with Gasteiger partial charge in [0.25, 0.3) is 5.91 Å². The summed E-state index contributed by atoms with van der Waals surface area (Å²) in [6, 6.07) is 14.0. The maximum Gasteiger partial charge on any atom is 0.267 e. The molecule has 2 aromatic carbocycles. The largest absolute Gasteiger partial charge is 0.358 e. The number of anilines is 2. The minimum atomic E-state index is -0.665. The fourth-order valence-electron chi connectivity index (χ4n) is 1.89. The lowest BCUT2D eigenvalue weighted by atomic mass is 10.1. The van der Waals surface area contributed by atoms with Crippen molar-refractivity contribution in [2.45, 2.75) is 6.92 Å². The molecule has 2 aromatic rings. The van der Waals surface area contributed by atoms with Gasteiger partial charge in [0.1, 0.15) is 17.5 Å². The number of amides is 1. The van der Waals surface area contributed by atoms with Crippen LogP contribution in [0.3, 0.4) is 0 Å². The number of halogens is 1. The van der Waals surface area contributed by atoms with Crippen LogP contribution in [0.5, 0.6) is 0 Å². The van der Waals surface area contributed by atoms with Gasteiger partial charge in [-0.25, -0.2) is 4.39 Å². The zero-order chi connectivity index (χ0) is 17.5. The number of rotatable bonds is 5. The molecule has 0 unspecified atom stereocenters. The highest BCUT2D eigenvalue weighted by atomic mass is 19.1. The van der Waals surface area contributed by atoms with Crippen LogP contribution in [0.15, 0.2) is 60.3 Å². The molecule has 0 saturated heterocycles. The van der Waals surface area contributed by atoms with Crippen molar-refractivity contribution in [3.63, 3.8) is 0 Å². The lowest BCUT2D eigenvalue weighted by molar-refractivity contribution is -0.112. The van der Waals surface area contributed by atoms with E-state index in [9.17, 15) is 14.0 Å². The summed E-state index contributed by atoms with van der Waals surface area (Å²) in [5.41, 5.74) is 0.752. The Morgan fingerprint density at radius 2 is 1.92 bits per heavy atom. The Bertz CT molecular complexity index is 853. The third-order valence-electron chi connectivity index (χ3n) is 3.14. The van der Waals surface area contributed by atoms with E-state index < -0.39 is 11.7 Å². The van der Waals surface area contributed by atoms with Crippen LogP contribution in [0.2, 0.25) is 0 Å². The highest BCUT2D eigenvalue weighted by Crippen LogP contribution is 2.14. The molecule has 24 heavy (non-hydrogen) atoms. The second-order valence-corrected chi connectivity index (χ2v) is 4.89. The summed E-state index contributed by atoms with van der Waals surface area (Å²) < 4.78 is 13.5. The van der Waals surface area contributed by atoms with E-state index in [-0.39, 0.29) is 17.0 Å². The van der Waals surface area contributed by atoms with Crippen LogP contribution in [-0.2, 0) is 4.79 Å². The second-order valence-electron chi connectivity index (χ2n) is 4.89. The number of hydrogen-bond acceptors (Lipinski definition) is 4. The summed E-state index contributed by atoms with van der Waals surface area (Å²) in [5, 5.41) is 14.2. The first-order valence-corrected chi connectivity index (χ1v) is 7.05. The molecule has 0 spiro atoms. The molecule has 6 heteroatoms. The SMILES string of the molecule is CC(=O)c1cccc(NC(=O)/C(C#N)=C\Nc2ccccc2F)c1. The number of para-hydroxylation sites is 1. The van der Waals surface area contributed by atoms with E-state index in [0.717, 1.165) is 6.20 Å². The van der Waals surface area contributed by atoms with Crippen molar-refractivity contribution < 1.29 is 14.0 Å². The molecular formula is C18H14FN3O2. The molecule has 0 aliphatic heterocycles. The van der Waals surface area contributed by atoms with Gasteiger partial charge in [0.05, 0.1) is 5.69 Å². The highest BCUT2D eigenvalue weighted by molar-refractivity contribution is 6.07. The summed E-state index contributed by atoms with van der Waals surface area (Å²) in [6.07, 6.45) is 1.13. The summed E-state index contributed by atoms with van der Waals surface area (Å²) in [7, 11) is 0. The van der Waals surface area contributed by atoms with Crippen molar-refractivity contribution in [3.05, 3.63) is 71.7 Å². The number of carbonyl (C=O) groups is 2. The van der Waals surface area contributed by atoms with Crippen LogP contribution in [0.4, 0.5) is 15.8 Å². The molecule has 0 heterocycles. The molecule has 0 aliphatic rings. The predicted molar refractivity (Wildman–Crippen MR) is 88.8 cm³/mol. The zero-order valence-corrected chi connectivity index (χ0v) is 12.8. The van der Waals surface area contributed by atoms with Crippen LogP contribution in [0, 0.1) is 17.1 Å². The Kier molecular flexibility index (Phi) is 5.42. The van der Waals surface area contributed by atoms with Crippen LogP contribution in [0.1, 0.15) is 17.3 Å². The number of benzene rings is 2. The molecule has 2 rings (SSSR count). The molecular weight excluding hydrogens is 309 g/mol. The summed E-state index contributed by atoms with van der Waals surface area (Å²) in [5.74, 6) is -1.30. The van der Waals surface area contributed by atoms with Gasteiger partial charge in [0.2, 0.25) is 0 Å². The standard InChI is InChI=1S/C18H14FN3O2/c1-12(23)13-5-4-6-15(9-13)22-18(24)14(10-20)11-21-17-8-3-2-7-16(17)19/h2-9,11,21H,1H3,(H,22,24)/b14-11-. The van der Waals surface area contributed by atoms with Crippen molar-refractivity contribution in [1.29, 1.82) is 5.26 Å². The van der Waals surface area contributed by atoms with Crippen molar-refractivity contribution >= 4 is 23.1 Å². The van der Waals surface area contributed by atoms with Crippen molar-refractivity contribution in [1.82, 2.24) is 0 Å². The molecule has 1 amide bonds. The van der Waals surface area contributed by atoms with Crippen LogP contribution >= 0.6 is 0 Å². The molecule has 120 valence electrons. The lowest BCUT2D eigenvalue weighted by Gasteiger charge is -2.06. The molecule has 0 aromatic heterocycles. The number of nitriles is 1. The van der Waals surface area contributed by atoms with Crippen LogP contribution in [0.25, 0.3) is 0 Å². The van der Waals surface area contributed by atoms with Crippen molar-refractivity contribution in [3.8, 4) is 6.07 Å². The van der Waals surface area contributed by atoms with Gasteiger partial charge in [-0.05, 0) is 31.2 Å². The summed E-state index contributed by atoms with van der Waals surface area (Å²) >= 11 is 0. The first kappa shape index (κ1) is 16.9. The van der Waals surface area contributed by atoms with Crippen LogP contribution < -0.4 is 10.6 Å². The average molecular weight is 323 g/mol. The number of nitrogens with zero attached hydrogens (tertiary/aromatic N) is 1. The Morgan fingerprint density at radius 3 is 2.58 bits per heavy atom. The van der Waals surface area contributed by atoms with Gasteiger partial charge in [-0.2, -0.15) is 5.26 Å². The van der Waals surface area contributed by atoms with Gasteiger partial charge < -0.3 is 10.6 Å². The van der Waals surface area contributed by atoms with E-state index in [2.05, 4.69) is 10.6 Å². The Morgan fingerprint density at radius 1 is 1.17 bits per heavy atom. The zero-order valence-electron chi connectivity index (χ0n) is 12.8. The number of nitrogens with one attached hydrogen (secondary N) is 2. The smallest absolute Gasteiger partial charge is 0.267 e. The van der Waals surface area contributed by atoms with Gasteiger partial charge in [-0.15, -0.1) is 0 Å². The number of ketones is 1. The Balaban J connectivity index is 2.13. The molecule has 0 fully saturated rings. The Hall–Kier alpha value is -3.46. The molecule has 0 aliphatic carbocycles. The maximum absolute atomic E-state index is 13.5. The van der Waals surface area contributed by atoms with Gasteiger partial charge in [-0.1, -0.05) is 24.3 Å². The number of hydrogen-bond donors (Lipinski definition) is 2. The fourth-order valence-corrected chi connectivity index (χ4v) is 1.89. The average Bonchev–Trinajstić information content (AvgIpc) is 2.57. The fraction of sp³-hybridized carbons (Fsp3) is 0.0556. The molecule has 0 atom stereocenters. The highest BCUT2D eigenvalue weighted by Gasteiger charge is 2.10. The quantitative estimate of drug-likeness (QED) is 0.501. The van der Waals surface area contributed by atoms with Gasteiger partial charge >= 0.3 is 0 Å². The van der Waals surface area contributed by atoms with E-state index in [0.29, 0.717) is 11.3 Å². The normalized spacial score (nSPS) is 10.6. The molecule has 0 radical (unpaired) electrons. The summed E-state index contributed by atoms with van der Waals surface area (Å²) in [6.45, 7) is 1.42. The predicted octanol–water partition coefficient (Wildman–Crippen LogP) is 3.49. The first-order chi connectivity index (χ1) is 11.5. The van der Waals surface area contributed by atoms with Gasteiger partial charge in [-0.3, -0.25) is 9.59 Å². The maximum atomic E-state index is 13.5. The Labute approximate surface area is 138 Å². The van der Waals surface area contributed by atoms with Crippen LogP contribution in [-0.4, -0.2) is 11.7 Å². The lowest BCUT2D eigenvalue weighted by Crippen LogP contribution is -2.15. The van der Waals surface area contributed by atoms with Crippen molar-refractivity contribution in [2.75, 3.05) is 10.6 Å². The number of carbonyl (C=O) groups excluding carboxylic acids is 2. The van der Waals surface area contributed by atoms with E-state index in [4.69, 9.17) is 5.26 Å². The second kappa shape index (κ2) is 7.70. The van der Waals surface area contributed by atoms with E-state index in [1.165, 1.54) is 31.2 Å². The topological polar surface area (TPSA) is 82.0 Å². The third kappa shape index (κ3) is 4.27. The minimum absolute atomic E-state index is 0.136. The first-order valence-electron chi connectivity index (χ1n) is 7.05. The third-order valence-corrected chi connectivity index (χ3v) is 3.14. The van der Waals surface area contributed by atoms with E-state index in [1.54, 1.807) is 30.3 Å². The van der Waals surface area contributed by atoms with Gasteiger partial charge in [0, 0.05) is 17.5 Å². The molecule has 2 N–H and O–H groups in total. The van der Waals surface area contributed by atoms with E-state index in [1.807, 2.05) is 0 Å². The number of Topliss-reactive ketones (excluding diaryl/α,β-unsaturated/α-hetero) is 1. The van der Waals surface area contributed by atoms with Crippen molar-refractivity contribution in [2.24, 2.45) is 0 Å². The molecule has 0 bridgehead atoms. The van der Waals surface area contributed by atoms with Gasteiger partial charge in [0.15, 0.2) is 5.78 Å². The molecule has 0 saturated carbocycles. The minimum Gasteiger partial charge on any atom is -0.358 e. The molecule has 5 nitrogen and oxygen atoms in total. The monoisotopic (exact) mass is 323 g/mol. The van der Waals surface area contributed by atoms with E-state index >= 15 is 0 Å². The summed E-state index contributed by atoms with van der Waals surface area (Å²) in [4.78, 5) is 23.5.